The maximum atomic E-state index is 11.2. The molecule has 0 aliphatic rings. The maximum absolute atomic E-state index is 11.2. The minimum atomic E-state index is -0.330. The summed E-state index contributed by atoms with van der Waals surface area (Å²) in [5.41, 5.74) is -0.330. The predicted octanol–water partition coefficient (Wildman–Crippen LogP) is -0.0170. The second kappa shape index (κ2) is 3.41. The molecular formula is C8H8N4O2. The first-order chi connectivity index (χ1) is 6.75. The van der Waals surface area contributed by atoms with Crippen LogP contribution >= 0.6 is 0 Å². The Morgan fingerprint density at radius 2 is 2.43 bits per heavy atom. The molecule has 2 aromatic heterocycles. The monoisotopic (exact) mass is 192 g/mol. The highest BCUT2D eigenvalue weighted by Crippen LogP contribution is 1.96. The van der Waals surface area contributed by atoms with E-state index in [-0.39, 0.29) is 12.2 Å². The molecule has 14 heavy (non-hydrogen) atoms. The van der Waals surface area contributed by atoms with Crippen molar-refractivity contribution < 1.29 is 4.52 Å². The summed E-state index contributed by atoms with van der Waals surface area (Å²) in [7, 11) is 0. The summed E-state index contributed by atoms with van der Waals surface area (Å²) in [6.45, 7) is 1.98. The van der Waals surface area contributed by atoms with Gasteiger partial charge in [-0.3, -0.25) is 4.57 Å². The van der Waals surface area contributed by atoms with Crippen LogP contribution in [0.25, 0.3) is 0 Å². The zero-order valence-electron chi connectivity index (χ0n) is 7.54. The fraction of sp³-hybridized carbons (Fsp3) is 0.250. The second-order valence-corrected chi connectivity index (χ2v) is 2.77. The molecule has 0 aromatic carbocycles. The van der Waals surface area contributed by atoms with Crippen molar-refractivity contribution in [3.05, 3.63) is 40.7 Å². The third-order valence-corrected chi connectivity index (χ3v) is 1.66. The van der Waals surface area contributed by atoms with Crippen LogP contribution in [0.1, 0.15) is 11.7 Å². The minimum Gasteiger partial charge on any atom is -0.337 e. The second-order valence-electron chi connectivity index (χ2n) is 2.77. The number of hydrogen-bond donors (Lipinski definition) is 0. The van der Waals surface area contributed by atoms with Gasteiger partial charge in [-0.25, -0.2) is 9.78 Å². The van der Waals surface area contributed by atoms with Crippen LogP contribution in [-0.4, -0.2) is 19.7 Å². The van der Waals surface area contributed by atoms with Crippen LogP contribution in [-0.2, 0) is 6.54 Å². The van der Waals surface area contributed by atoms with E-state index in [1.165, 1.54) is 10.8 Å². The molecule has 0 bridgehead atoms. The lowest BCUT2D eigenvalue weighted by atomic mass is 10.5. The van der Waals surface area contributed by atoms with Crippen LogP contribution in [0.15, 0.2) is 27.8 Å². The van der Waals surface area contributed by atoms with Gasteiger partial charge in [0, 0.05) is 12.4 Å². The molecule has 0 fully saturated rings. The first-order valence-corrected chi connectivity index (χ1v) is 4.06. The van der Waals surface area contributed by atoms with Gasteiger partial charge in [-0.15, -0.1) is 0 Å². The molecule has 0 unspecified atom stereocenters. The fourth-order valence-corrected chi connectivity index (χ4v) is 1.06. The SMILES string of the molecule is Cc1noc(Cn2cccnc2=O)n1. The lowest BCUT2D eigenvalue weighted by Crippen LogP contribution is -2.21. The van der Waals surface area contributed by atoms with Crippen LogP contribution in [0.4, 0.5) is 0 Å². The van der Waals surface area contributed by atoms with Gasteiger partial charge in [-0.05, 0) is 13.0 Å². The van der Waals surface area contributed by atoms with Crippen LogP contribution in [0, 0.1) is 6.92 Å². The van der Waals surface area contributed by atoms with Crippen molar-refractivity contribution in [3.63, 3.8) is 0 Å². The summed E-state index contributed by atoms with van der Waals surface area (Å²) >= 11 is 0. The van der Waals surface area contributed by atoms with Gasteiger partial charge in [0.25, 0.3) is 0 Å². The quantitative estimate of drug-likeness (QED) is 0.668. The molecule has 6 nitrogen and oxygen atoms in total. The van der Waals surface area contributed by atoms with Gasteiger partial charge in [0.1, 0.15) is 6.54 Å². The molecule has 0 spiro atoms. The lowest BCUT2D eigenvalue weighted by Gasteiger charge is -1.97. The van der Waals surface area contributed by atoms with Crippen LogP contribution < -0.4 is 5.69 Å². The van der Waals surface area contributed by atoms with Gasteiger partial charge in [0.2, 0.25) is 5.89 Å². The van der Waals surface area contributed by atoms with E-state index in [4.69, 9.17) is 4.52 Å². The van der Waals surface area contributed by atoms with Gasteiger partial charge in [-0.2, -0.15) is 4.98 Å². The van der Waals surface area contributed by atoms with E-state index in [0.717, 1.165) is 0 Å². The van der Waals surface area contributed by atoms with E-state index in [0.29, 0.717) is 11.7 Å². The molecule has 0 N–H and O–H groups in total. The standard InChI is InChI=1S/C8H8N4O2/c1-6-10-7(14-11-6)5-12-4-2-3-9-8(12)13/h2-4H,5H2,1H3. The number of aryl methyl sites for hydroxylation is 1. The molecule has 0 saturated carbocycles. The summed E-state index contributed by atoms with van der Waals surface area (Å²) < 4.78 is 6.27. The molecule has 0 radical (unpaired) electrons. The van der Waals surface area contributed by atoms with E-state index in [2.05, 4.69) is 15.1 Å². The minimum absolute atomic E-state index is 0.257. The van der Waals surface area contributed by atoms with E-state index in [9.17, 15) is 4.79 Å². The van der Waals surface area contributed by atoms with E-state index < -0.39 is 0 Å². The van der Waals surface area contributed by atoms with Crippen molar-refractivity contribution >= 4 is 0 Å². The molecular weight excluding hydrogens is 184 g/mol. The van der Waals surface area contributed by atoms with Gasteiger partial charge in [-0.1, -0.05) is 5.16 Å². The maximum Gasteiger partial charge on any atom is 0.347 e. The lowest BCUT2D eigenvalue weighted by molar-refractivity contribution is 0.365. The normalized spacial score (nSPS) is 10.4. The van der Waals surface area contributed by atoms with Gasteiger partial charge in [0.05, 0.1) is 0 Å². The Hall–Kier alpha value is -1.98. The van der Waals surface area contributed by atoms with E-state index in [1.807, 2.05) is 0 Å². The largest absolute Gasteiger partial charge is 0.347 e. The molecule has 0 aliphatic carbocycles. The molecule has 2 rings (SSSR count). The Morgan fingerprint density at radius 3 is 3.07 bits per heavy atom. The molecule has 0 amide bonds. The van der Waals surface area contributed by atoms with Crippen molar-refractivity contribution in [2.75, 3.05) is 0 Å². The molecule has 0 saturated heterocycles. The van der Waals surface area contributed by atoms with Gasteiger partial charge in [0.15, 0.2) is 5.82 Å². The number of hydrogen-bond acceptors (Lipinski definition) is 5. The van der Waals surface area contributed by atoms with Crippen LogP contribution in [0.5, 0.6) is 0 Å². The van der Waals surface area contributed by atoms with Gasteiger partial charge < -0.3 is 4.52 Å². The summed E-state index contributed by atoms with van der Waals surface area (Å²) in [5, 5.41) is 3.62. The Morgan fingerprint density at radius 1 is 1.57 bits per heavy atom. The molecule has 72 valence electrons. The zero-order valence-corrected chi connectivity index (χ0v) is 7.54. The van der Waals surface area contributed by atoms with Crippen LogP contribution in [0.2, 0.25) is 0 Å². The van der Waals surface area contributed by atoms with E-state index >= 15 is 0 Å². The van der Waals surface area contributed by atoms with Crippen LogP contribution in [0.3, 0.4) is 0 Å². The number of aromatic nitrogens is 4. The summed E-state index contributed by atoms with van der Waals surface area (Å²) in [4.78, 5) is 18.8. The smallest absolute Gasteiger partial charge is 0.337 e. The molecule has 2 aromatic rings. The van der Waals surface area contributed by atoms with Gasteiger partial charge >= 0.3 is 5.69 Å². The average Bonchev–Trinajstić information content (AvgIpc) is 2.56. The summed E-state index contributed by atoms with van der Waals surface area (Å²) in [5.74, 6) is 0.953. The highest BCUT2D eigenvalue weighted by atomic mass is 16.5. The Balaban J connectivity index is 2.27. The Kier molecular flexibility index (Phi) is 2.10. The fourth-order valence-electron chi connectivity index (χ4n) is 1.06. The molecule has 0 aliphatic heterocycles. The predicted molar refractivity (Wildman–Crippen MR) is 46.6 cm³/mol. The first-order valence-electron chi connectivity index (χ1n) is 4.06. The van der Waals surface area contributed by atoms with Crippen molar-refractivity contribution in [2.45, 2.75) is 13.5 Å². The van der Waals surface area contributed by atoms with Crippen molar-refractivity contribution in [2.24, 2.45) is 0 Å². The van der Waals surface area contributed by atoms with E-state index in [1.54, 1.807) is 19.2 Å². The van der Waals surface area contributed by atoms with Crippen molar-refractivity contribution in [3.8, 4) is 0 Å². The Labute approximate surface area is 79.2 Å². The summed E-state index contributed by atoms with van der Waals surface area (Å²) in [6.07, 6.45) is 3.06. The van der Waals surface area contributed by atoms with Crippen molar-refractivity contribution in [1.82, 2.24) is 19.7 Å². The first kappa shape index (κ1) is 8.61. The Bertz CT molecular complexity index is 488. The zero-order chi connectivity index (χ0) is 9.97. The third-order valence-electron chi connectivity index (χ3n) is 1.66. The topological polar surface area (TPSA) is 73.8 Å². The number of nitrogens with zero attached hydrogens (tertiary/aromatic N) is 4. The number of rotatable bonds is 2. The highest BCUT2D eigenvalue weighted by molar-refractivity contribution is 4.88. The molecule has 6 heteroatoms. The van der Waals surface area contributed by atoms with Crippen molar-refractivity contribution in [1.29, 1.82) is 0 Å². The summed E-state index contributed by atoms with van der Waals surface area (Å²) in [6, 6.07) is 1.67. The highest BCUT2D eigenvalue weighted by Gasteiger charge is 2.04. The molecule has 2 heterocycles. The average molecular weight is 192 g/mol. The molecule has 0 atom stereocenters. The third kappa shape index (κ3) is 1.68.